The Morgan fingerprint density at radius 1 is 0.973 bits per heavy atom. The van der Waals surface area contributed by atoms with Gasteiger partial charge in [-0.15, -0.1) is 0 Å². The zero-order chi connectivity index (χ0) is 28.0. The van der Waals surface area contributed by atoms with Gasteiger partial charge >= 0.3 is 24.3 Å². The number of halogens is 6. The SMILES string of the molecule is CO[C@@H]1CCN(C(=O)C2CC2)[C@@H]2CN(Cc3ccncc3)C[C@@H]21.O=C(O)C(F)(F)F.O=C(O)C(F)(F)F. The number of likely N-dealkylation sites (tertiary alicyclic amines) is 2. The lowest BCUT2D eigenvalue weighted by Gasteiger charge is -2.41. The first-order valence-corrected chi connectivity index (χ1v) is 11.2. The molecule has 1 aromatic heterocycles. The Morgan fingerprint density at radius 2 is 1.49 bits per heavy atom. The number of amides is 1. The van der Waals surface area contributed by atoms with E-state index in [-0.39, 0.29) is 6.10 Å². The summed E-state index contributed by atoms with van der Waals surface area (Å²) in [5, 5.41) is 14.2. The number of aliphatic carboxylic acids is 2. The van der Waals surface area contributed by atoms with Crippen molar-refractivity contribution in [3.63, 3.8) is 0 Å². The lowest BCUT2D eigenvalue weighted by molar-refractivity contribution is -0.193. The molecule has 2 aliphatic heterocycles. The minimum absolute atomic E-state index is 0.283. The van der Waals surface area contributed by atoms with Crippen LogP contribution in [0, 0.1) is 11.8 Å². The van der Waals surface area contributed by atoms with Crippen LogP contribution in [0.25, 0.3) is 0 Å². The molecule has 9 nitrogen and oxygen atoms in total. The molecule has 3 aliphatic rings. The molecule has 208 valence electrons. The minimum Gasteiger partial charge on any atom is -0.475 e. The summed E-state index contributed by atoms with van der Waals surface area (Å²) in [6.45, 7) is 3.76. The van der Waals surface area contributed by atoms with Crippen molar-refractivity contribution in [1.29, 1.82) is 0 Å². The Morgan fingerprint density at radius 3 is 1.92 bits per heavy atom. The number of hydrogen-bond donors (Lipinski definition) is 2. The monoisotopic (exact) mass is 543 g/mol. The van der Waals surface area contributed by atoms with Crippen molar-refractivity contribution in [3.8, 4) is 0 Å². The smallest absolute Gasteiger partial charge is 0.475 e. The van der Waals surface area contributed by atoms with Gasteiger partial charge in [-0.3, -0.25) is 14.7 Å². The number of piperidine rings is 1. The maximum Gasteiger partial charge on any atom is 0.490 e. The van der Waals surface area contributed by atoms with Crippen molar-refractivity contribution < 1.29 is 55.7 Å². The summed E-state index contributed by atoms with van der Waals surface area (Å²) in [5.41, 5.74) is 1.28. The highest BCUT2D eigenvalue weighted by Gasteiger charge is 2.48. The van der Waals surface area contributed by atoms with Gasteiger partial charge in [-0.05, 0) is 37.0 Å². The summed E-state index contributed by atoms with van der Waals surface area (Å²) >= 11 is 0. The van der Waals surface area contributed by atoms with Gasteiger partial charge in [0.15, 0.2) is 0 Å². The number of pyridine rings is 1. The van der Waals surface area contributed by atoms with Crippen molar-refractivity contribution in [2.24, 2.45) is 11.8 Å². The molecule has 2 saturated heterocycles. The number of alkyl halides is 6. The molecule has 2 N–H and O–H groups in total. The summed E-state index contributed by atoms with van der Waals surface area (Å²) in [6.07, 6.45) is -3.05. The summed E-state index contributed by atoms with van der Waals surface area (Å²) in [7, 11) is 1.81. The molecule has 1 amide bonds. The van der Waals surface area contributed by atoms with Crippen LogP contribution in [0.4, 0.5) is 26.3 Å². The summed E-state index contributed by atoms with van der Waals surface area (Å²) in [6, 6.07) is 4.47. The van der Waals surface area contributed by atoms with E-state index < -0.39 is 24.3 Å². The van der Waals surface area contributed by atoms with Gasteiger partial charge in [-0.25, -0.2) is 9.59 Å². The average molecular weight is 543 g/mol. The molecule has 0 radical (unpaired) electrons. The zero-order valence-electron chi connectivity index (χ0n) is 19.7. The lowest BCUT2D eigenvalue weighted by Crippen LogP contribution is -2.54. The van der Waals surface area contributed by atoms with E-state index in [2.05, 4.69) is 26.9 Å². The fraction of sp³-hybridized carbons (Fsp3) is 0.636. The van der Waals surface area contributed by atoms with Gasteiger partial charge in [-0.2, -0.15) is 26.3 Å². The third-order valence-corrected chi connectivity index (χ3v) is 6.09. The van der Waals surface area contributed by atoms with Crippen molar-refractivity contribution >= 4 is 17.8 Å². The number of methoxy groups -OCH3 is 1. The molecule has 0 spiro atoms. The predicted octanol–water partition coefficient (Wildman–Crippen LogP) is 2.81. The van der Waals surface area contributed by atoms with Crippen LogP contribution in [0.2, 0.25) is 0 Å². The molecular weight excluding hydrogens is 516 g/mol. The molecule has 0 aromatic carbocycles. The van der Waals surface area contributed by atoms with Crippen LogP contribution in [0.5, 0.6) is 0 Å². The molecule has 1 aromatic rings. The van der Waals surface area contributed by atoms with Gasteiger partial charge in [0.05, 0.1) is 12.1 Å². The predicted molar refractivity (Wildman–Crippen MR) is 114 cm³/mol. The number of rotatable bonds is 4. The third kappa shape index (κ3) is 9.14. The highest BCUT2D eigenvalue weighted by atomic mass is 19.4. The van der Waals surface area contributed by atoms with Crippen molar-refractivity contribution in [1.82, 2.24) is 14.8 Å². The second-order valence-electron chi connectivity index (χ2n) is 8.76. The lowest BCUT2D eigenvalue weighted by atomic mass is 9.88. The van der Waals surface area contributed by atoms with Crippen LogP contribution < -0.4 is 0 Å². The average Bonchev–Trinajstić information content (AvgIpc) is 3.58. The molecule has 15 heteroatoms. The largest absolute Gasteiger partial charge is 0.490 e. The Hall–Kier alpha value is -2.94. The standard InChI is InChI=1S/C18H25N3O2.2C2HF3O2/c1-23-17-6-9-21(18(22)14-2-3-14)16-12-20(11-15(16)17)10-13-4-7-19-8-5-13;2*3-2(4,5)1(6)7/h4-5,7-8,14-17H,2-3,6,9-12H2,1H3;2*(H,6,7)/t15-,16+,17+;;/m0../s1. The van der Waals surface area contributed by atoms with Gasteiger partial charge in [0, 0.05) is 57.5 Å². The van der Waals surface area contributed by atoms with Gasteiger partial charge in [0.25, 0.3) is 0 Å². The molecule has 37 heavy (non-hydrogen) atoms. The molecule has 3 atom stereocenters. The van der Waals surface area contributed by atoms with Gasteiger partial charge < -0.3 is 19.8 Å². The maximum atomic E-state index is 12.6. The van der Waals surface area contributed by atoms with Crippen LogP contribution >= 0.6 is 0 Å². The Balaban J connectivity index is 0.000000286. The Labute approximate surface area is 208 Å². The molecule has 4 rings (SSSR count). The number of aromatic nitrogens is 1. The first kappa shape index (κ1) is 30.3. The van der Waals surface area contributed by atoms with Gasteiger partial charge in [0.2, 0.25) is 5.91 Å². The number of ether oxygens (including phenoxy) is 1. The fourth-order valence-corrected chi connectivity index (χ4v) is 4.24. The number of carbonyl (C=O) groups is 3. The number of fused-ring (bicyclic) bond motifs is 1. The van der Waals surface area contributed by atoms with Gasteiger partial charge in [-0.1, -0.05) is 0 Å². The molecular formula is C22H27F6N3O6. The number of carboxylic acids is 2. The summed E-state index contributed by atoms with van der Waals surface area (Å²) in [5.74, 6) is -4.37. The maximum absolute atomic E-state index is 12.6. The molecule has 1 aliphatic carbocycles. The van der Waals surface area contributed by atoms with E-state index in [9.17, 15) is 31.1 Å². The number of nitrogens with zero attached hydrogens (tertiary/aromatic N) is 3. The van der Waals surface area contributed by atoms with Crippen LogP contribution in [0.3, 0.4) is 0 Å². The third-order valence-electron chi connectivity index (χ3n) is 6.09. The van der Waals surface area contributed by atoms with Crippen LogP contribution in [0.1, 0.15) is 24.8 Å². The topological polar surface area (TPSA) is 120 Å². The highest BCUT2D eigenvalue weighted by molar-refractivity contribution is 5.81. The molecule has 3 heterocycles. The number of carbonyl (C=O) groups excluding carboxylic acids is 1. The van der Waals surface area contributed by atoms with Gasteiger partial charge in [0.1, 0.15) is 0 Å². The summed E-state index contributed by atoms with van der Waals surface area (Å²) in [4.78, 5) is 39.1. The van der Waals surface area contributed by atoms with E-state index in [0.717, 1.165) is 45.4 Å². The first-order valence-electron chi connectivity index (χ1n) is 11.2. The van der Waals surface area contributed by atoms with Crippen molar-refractivity contribution in [2.45, 2.75) is 50.3 Å². The highest BCUT2D eigenvalue weighted by Crippen LogP contribution is 2.38. The molecule has 1 saturated carbocycles. The van der Waals surface area contributed by atoms with Crippen LogP contribution in [-0.4, -0.2) is 94.1 Å². The second-order valence-corrected chi connectivity index (χ2v) is 8.76. The van der Waals surface area contributed by atoms with Crippen LogP contribution in [-0.2, 0) is 25.7 Å². The molecule has 0 bridgehead atoms. The zero-order valence-corrected chi connectivity index (χ0v) is 19.7. The van der Waals surface area contributed by atoms with E-state index in [4.69, 9.17) is 24.5 Å². The normalized spacial score (nSPS) is 23.6. The Kier molecular flexibility index (Phi) is 10.3. The fourth-order valence-electron chi connectivity index (χ4n) is 4.24. The number of hydrogen-bond acceptors (Lipinski definition) is 6. The first-order chi connectivity index (χ1) is 17.1. The van der Waals surface area contributed by atoms with E-state index in [1.165, 1.54) is 5.56 Å². The second kappa shape index (κ2) is 12.5. The van der Waals surface area contributed by atoms with Crippen LogP contribution in [0.15, 0.2) is 24.5 Å². The minimum atomic E-state index is -5.08. The van der Waals surface area contributed by atoms with E-state index in [1.54, 1.807) is 0 Å². The van der Waals surface area contributed by atoms with Crippen molar-refractivity contribution in [2.75, 3.05) is 26.7 Å². The quantitative estimate of drug-likeness (QED) is 0.557. The number of carboxylic acid groups (broad SMARTS) is 2. The summed E-state index contributed by atoms with van der Waals surface area (Å²) < 4.78 is 69.2. The molecule has 3 fully saturated rings. The molecule has 0 unspecified atom stereocenters. The van der Waals surface area contributed by atoms with E-state index in [1.807, 2.05) is 19.5 Å². The van der Waals surface area contributed by atoms with E-state index >= 15 is 0 Å². The van der Waals surface area contributed by atoms with Crippen molar-refractivity contribution in [3.05, 3.63) is 30.1 Å². The van der Waals surface area contributed by atoms with E-state index in [0.29, 0.717) is 23.8 Å². The Bertz CT molecular complexity index is 902.